The van der Waals surface area contributed by atoms with Crippen LogP contribution in [0.25, 0.3) is 0 Å². The van der Waals surface area contributed by atoms with E-state index in [1.54, 1.807) is 19.2 Å². The van der Waals surface area contributed by atoms with Gasteiger partial charge in [0, 0.05) is 38.3 Å². The molecule has 3 rings (SSSR count). The Morgan fingerprint density at radius 3 is 2.62 bits per heavy atom. The first-order chi connectivity index (χ1) is 11.6. The predicted molar refractivity (Wildman–Crippen MR) is 96.8 cm³/mol. The van der Waals surface area contributed by atoms with Crippen molar-refractivity contribution in [2.75, 3.05) is 39.0 Å². The van der Waals surface area contributed by atoms with Gasteiger partial charge >= 0.3 is 0 Å². The maximum atomic E-state index is 13.0. The number of nitrogens with zero attached hydrogens (tertiary/aromatic N) is 2. The molecule has 1 aliphatic heterocycles. The van der Waals surface area contributed by atoms with Crippen molar-refractivity contribution >= 4 is 23.2 Å². The number of hydrogen-bond donors (Lipinski definition) is 1. The molecule has 5 nitrogen and oxygen atoms in total. The maximum Gasteiger partial charge on any atom is 0.257 e. The quantitative estimate of drug-likeness (QED) is 0.850. The van der Waals surface area contributed by atoms with Crippen LogP contribution >= 0.6 is 11.6 Å². The third-order valence-corrected chi connectivity index (χ3v) is 5.54. The zero-order valence-electron chi connectivity index (χ0n) is 14.3. The molecule has 1 aromatic carbocycles. The topological polar surface area (TPSA) is 58.8 Å². The Hall–Kier alpha value is -1.46. The molecule has 2 N–H and O–H groups in total. The zero-order chi connectivity index (χ0) is 17.1. The van der Waals surface area contributed by atoms with Gasteiger partial charge in [-0.3, -0.25) is 9.69 Å². The van der Waals surface area contributed by atoms with E-state index >= 15 is 0 Å². The molecule has 24 heavy (non-hydrogen) atoms. The van der Waals surface area contributed by atoms with Gasteiger partial charge in [-0.1, -0.05) is 24.4 Å². The first-order valence-corrected chi connectivity index (χ1v) is 9.14. The van der Waals surface area contributed by atoms with Gasteiger partial charge in [-0.05, 0) is 25.3 Å². The highest BCUT2D eigenvalue weighted by molar-refractivity contribution is 6.33. The minimum absolute atomic E-state index is 0.0259. The molecule has 132 valence electrons. The van der Waals surface area contributed by atoms with E-state index in [4.69, 9.17) is 22.1 Å². The van der Waals surface area contributed by atoms with Crippen molar-refractivity contribution < 1.29 is 9.53 Å². The lowest BCUT2D eigenvalue weighted by Gasteiger charge is -2.27. The molecule has 0 bridgehead atoms. The highest BCUT2D eigenvalue weighted by atomic mass is 35.5. The fourth-order valence-corrected chi connectivity index (χ4v) is 4.01. The van der Waals surface area contributed by atoms with E-state index in [9.17, 15) is 4.79 Å². The van der Waals surface area contributed by atoms with Crippen LogP contribution in [0.15, 0.2) is 12.1 Å². The predicted octanol–water partition coefficient (Wildman–Crippen LogP) is 3.02. The lowest BCUT2D eigenvalue weighted by atomic mass is 10.1. The van der Waals surface area contributed by atoms with Crippen LogP contribution < -0.4 is 10.5 Å². The van der Waals surface area contributed by atoms with E-state index < -0.39 is 0 Å². The summed E-state index contributed by atoms with van der Waals surface area (Å²) in [6.45, 7) is 3.54. The standard InChI is InChI=1S/C18H26ClN3O2/c1-24-17-12-16(20)15(19)11-14(17)18(23)22-8-4-7-21(9-10-22)13-5-2-3-6-13/h11-13H,2-10,20H2,1H3. The first kappa shape index (κ1) is 17.4. The Kier molecular flexibility index (Phi) is 5.51. The van der Waals surface area contributed by atoms with Gasteiger partial charge in [0.05, 0.1) is 23.4 Å². The van der Waals surface area contributed by atoms with Crippen molar-refractivity contribution in [3.8, 4) is 5.75 Å². The number of nitrogen functional groups attached to an aromatic ring is 1. The number of ether oxygens (including phenoxy) is 1. The Morgan fingerprint density at radius 1 is 1.17 bits per heavy atom. The van der Waals surface area contributed by atoms with Crippen LogP contribution in [-0.2, 0) is 0 Å². The summed E-state index contributed by atoms with van der Waals surface area (Å²) >= 11 is 6.11. The number of carbonyl (C=O) groups is 1. The normalized spacial score (nSPS) is 20.2. The van der Waals surface area contributed by atoms with Crippen molar-refractivity contribution in [3.63, 3.8) is 0 Å². The second-order valence-corrected chi connectivity index (χ2v) is 7.10. The van der Waals surface area contributed by atoms with Gasteiger partial charge < -0.3 is 15.4 Å². The fourth-order valence-electron chi connectivity index (χ4n) is 3.85. The summed E-state index contributed by atoms with van der Waals surface area (Å²) in [6, 6.07) is 3.95. The summed E-state index contributed by atoms with van der Waals surface area (Å²) in [6.07, 6.45) is 6.29. The monoisotopic (exact) mass is 351 g/mol. The second-order valence-electron chi connectivity index (χ2n) is 6.69. The van der Waals surface area contributed by atoms with E-state index in [0.717, 1.165) is 32.6 Å². The molecule has 1 amide bonds. The first-order valence-electron chi connectivity index (χ1n) is 8.76. The number of methoxy groups -OCH3 is 1. The maximum absolute atomic E-state index is 13.0. The number of halogens is 1. The van der Waals surface area contributed by atoms with Gasteiger partial charge in [0.25, 0.3) is 5.91 Å². The van der Waals surface area contributed by atoms with Gasteiger partial charge in [0.1, 0.15) is 5.75 Å². The van der Waals surface area contributed by atoms with E-state index in [-0.39, 0.29) is 5.91 Å². The lowest BCUT2D eigenvalue weighted by molar-refractivity contribution is 0.0755. The number of benzene rings is 1. The van der Waals surface area contributed by atoms with E-state index in [1.165, 1.54) is 25.7 Å². The Labute approximate surface area is 148 Å². The van der Waals surface area contributed by atoms with Crippen LogP contribution in [0.4, 0.5) is 5.69 Å². The fraction of sp³-hybridized carbons (Fsp3) is 0.611. The summed E-state index contributed by atoms with van der Waals surface area (Å²) in [7, 11) is 1.55. The number of rotatable bonds is 3. The van der Waals surface area contributed by atoms with Crippen molar-refractivity contribution in [2.45, 2.75) is 38.1 Å². The summed E-state index contributed by atoms with van der Waals surface area (Å²) < 4.78 is 5.33. The van der Waals surface area contributed by atoms with E-state index in [1.807, 2.05) is 4.90 Å². The van der Waals surface area contributed by atoms with Gasteiger partial charge in [-0.15, -0.1) is 0 Å². The average molecular weight is 352 g/mol. The minimum atomic E-state index is -0.0259. The Bertz CT molecular complexity index is 602. The molecular weight excluding hydrogens is 326 g/mol. The Balaban J connectivity index is 1.72. The SMILES string of the molecule is COc1cc(N)c(Cl)cc1C(=O)N1CCCN(C2CCCC2)CC1. The summed E-state index contributed by atoms with van der Waals surface area (Å²) in [4.78, 5) is 17.4. The van der Waals surface area contributed by atoms with Crippen LogP contribution in [0.2, 0.25) is 5.02 Å². The smallest absolute Gasteiger partial charge is 0.257 e. The Morgan fingerprint density at radius 2 is 1.92 bits per heavy atom. The summed E-state index contributed by atoms with van der Waals surface area (Å²) in [5.74, 6) is 0.459. The molecule has 1 saturated heterocycles. The molecule has 0 radical (unpaired) electrons. The molecule has 0 atom stereocenters. The molecule has 2 fully saturated rings. The molecule has 0 spiro atoms. The molecule has 1 saturated carbocycles. The van der Waals surface area contributed by atoms with Crippen molar-refractivity contribution in [1.82, 2.24) is 9.80 Å². The zero-order valence-corrected chi connectivity index (χ0v) is 15.0. The highest BCUT2D eigenvalue weighted by Gasteiger charge is 2.27. The van der Waals surface area contributed by atoms with Gasteiger partial charge in [-0.25, -0.2) is 0 Å². The van der Waals surface area contributed by atoms with Crippen LogP contribution in [0.5, 0.6) is 5.75 Å². The van der Waals surface area contributed by atoms with E-state index in [2.05, 4.69) is 4.90 Å². The number of hydrogen-bond acceptors (Lipinski definition) is 4. The second kappa shape index (κ2) is 7.62. The number of nitrogens with two attached hydrogens (primary N) is 1. The van der Waals surface area contributed by atoms with Crippen molar-refractivity contribution in [1.29, 1.82) is 0 Å². The molecule has 0 unspecified atom stereocenters. The summed E-state index contributed by atoms with van der Waals surface area (Å²) in [5, 5.41) is 0.390. The number of amides is 1. The van der Waals surface area contributed by atoms with Crippen LogP contribution in [0, 0.1) is 0 Å². The minimum Gasteiger partial charge on any atom is -0.496 e. The molecule has 6 heteroatoms. The average Bonchev–Trinajstić information content (AvgIpc) is 3.01. The highest BCUT2D eigenvalue weighted by Crippen LogP contribution is 2.30. The van der Waals surface area contributed by atoms with Crippen molar-refractivity contribution in [2.24, 2.45) is 0 Å². The third kappa shape index (κ3) is 3.62. The molecule has 1 aromatic rings. The van der Waals surface area contributed by atoms with Crippen LogP contribution in [0.1, 0.15) is 42.5 Å². The van der Waals surface area contributed by atoms with Gasteiger partial charge in [0.2, 0.25) is 0 Å². The third-order valence-electron chi connectivity index (χ3n) is 5.21. The molecule has 1 heterocycles. The van der Waals surface area contributed by atoms with Crippen LogP contribution in [0.3, 0.4) is 0 Å². The molecular formula is C18H26ClN3O2. The summed E-state index contributed by atoms with van der Waals surface area (Å²) in [5.41, 5.74) is 6.73. The van der Waals surface area contributed by atoms with Gasteiger partial charge in [0.15, 0.2) is 0 Å². The molecule has 1 aliphatic carbocycles. The largest absolute Gasteiger partial charge is 0.496 e. The molecule has 2 aliphatic rings. The number of carbonyl (C=O) groups excluding carboxylic acids is 1. The van der Waals surface area contributed by atoms with Crippen molar-refractivity contribution in [3.05, 3.63) is 22.7 Å². The lowest BCUT2D eigenvalue weighted by Crippen LogP contribution is -2.38. The number of anilines is 1. The molecule has 0 aromatic heterocycles. The van der Waals surface area contributed by atoms with Crippen LogP contribution in [-0.4, -0.2) is 55.0 Å². The van der Waals surface area contributed by atoms with E-state index in [0.29, 0.717) is 28.1 Å². The van der Waals surface area contributed by atoms with Gasteiger partial charge in [-0.2, -0.15) is 0 Å².